The number of para-hydroxylation sites is 2. The molecule has 2 aromatic heterocycles. The van der Waals surface area contributed by atoms with Gasteiger partial charge in [-0.25, -0.2) is 4.98 Å². The average Bonchev–Trinajstić information content (AvgIpc) is 3.21. The monoisotopic (exact) mass is 453 g/mol. The molecule has 0 amide bonds. The van der Waals surface area contributed by atoms with E-state index in [1.165, 1.54) is 12.1 Å². The van der Waals surface area contributed by atoms with Crippen molar-refractivity contribution in [2.24, 2.45) is 5.92 Å². The second-order valence-electron chi connectivity index (χ2n) is 8.07. The molecule has 6 nitrogen and oxygen atoms in total. The topological polar surface area (TPSA) is 63.9 Å². The molecule has 1 aliphatic rings. The molecule has 0 radical (unpaired) electrons. The summed E-state index contributed by atoms with van der Waals surface area (Å²) in [6.07, 6.45) is 0.152. The van der Waals surface area contributed by atoms with Crippen LogP contribution in [-0.2, 0) is 14.3 Å². The number of piperidine rings is 1. The average molecular weight is 454 g/mol. The molecule has 5 rings (SSSR count). The Morgan fingerprint density at radius 2 is 1.84 bits per heavy atom. The molecule has 1 fully saturated rings. The molecule has 4 aromatic rings. The Bertz CT molecular complexity index is 1510. The van der Waals surface area contributed by atoms with Crippen LogP contribution in [0.4, 0.5) is 5.69 Å². The van der Waals surface area contributed by atoms with Crippen molar-refractivity contribution < 1.29 is 18.1 Å². The maximum atomic E-state index is 12.7. The molecule has 0 N–H and O–H groups in total. The number of benzene rings is 2. The molecule has 0 spiro atoms. The minimum absolute atomic E-state index is 0.204. The lowest BCUT2D eigenvalue weighted by Gasteiger charge is -2.33. The molecular weight excluding hydrogens is 422 g/mol. The van der Waals surface area contributed by atoms with E-state index in [1.54, 1.807) is 19.1 Å². The van der Waals surface area contributed by atoms with Gasteiger partial charge in [0.1, 0.15) is 5.65 Å². The third-order valence-electron chi connectivity index (χ3n) is 5.88. The van der Waals surface area contributed by atoms with Crippen molar-refractivity contribution in [2.45, 2.75) is 31.0 Å². The Morgan fingerprint density at radius 3 is 2.62 bits per heavy atom. The summed E-state index contributed by atoms with van der Waals surface area (Å²) in [4.78, 5) is 6.59. The highest BCUT2D eigenvalue weighted by molar-refractivity contribution is 7.86. The SMILES string of the molecule is [2H]C([2H])(OS(=O)(=O)c1ccc(C)cc1)C([2H])([2H])C1CCN(c2ccn3c(c2)nc2ccccc23)CC1. The number of imidazole rings is 1. The van der Waals surface area contributed by atoms with E-state index in [-0.39, 0.29) is 4.90 Å². The van der Waals surface area contributed by atoms with Gasteiger partial charge >= 0.3 is 0 Å². The number of anilines is 1. The van der Waals surface area contributed by atoms with Crippen molar-refractivity contribution in [3.05, 3.63) is 72.4 Å². The van der Waals surface area contributed by atoms with Crippen LogP contribution in [0.25, 0.3) is 16.7 Å². The van der Waals surface area contributed by atoms with Crippen LogP contribution in [0.5, 0.6) is 0 Å². The fraction of sp³-hybridized carbons (Fsp3) is 0.320. The number of hydrogen-bond donors (Lipinski definition) is 0. The second-order valence-corrected chi connectivity index (χ2v) is 9.62. The van der Waals surface area contributed by atoms with E-state index in [2.05, 4.69) is 9.88 Å². The number of aromatic nitrogens is 2. The summed E-state index contributed by atoms with van der Waals surface area (Å²) < 4.78 is 65.7. The van der Waals surface area contributed by atoms with Gasteiger partial charge in [-0.2, -0.15) is 8.42 Å². The normalized spacial score (nSPS) is 18.3. The Kier molecular flexibility index (Phi) is 4.47. The van der Waals surface area contributed by atoms with Crippen molar-refractivity contribution in [1.29, 1.82) is 0 Å². The summed E-state index contributed by atoms with van der Waals surface area (Å²) in [6, 6.07) is 17.7. The van der Waals surface area contributed by atoms with Gasteiger partial charge < -0.3 is 4.90 Å². The Balaban J connectivity index is 1.30. The summed E-state index contributed by atoms with van der Waals surface area (Å²) in [5.41, 5.74) is 4.55. The van der Waals surface area contributed by atoms with Gasteiger partial charge in [0.15, 0.2) is 0 Å². The van der Waals surface area contributed by atoms with Gasteiger partial charge in [-0.05, 0) is 62.4 Å². The van der Waals surface area contributed by atoms with Gasteiger partial charge in [0.05, 0.1) is 25.2 Å². The Hall–Kier alpha value is -2.90. The predicted octanol–water partition coefficient (Wildman–Crippen LogP) is 4.81. The van der Waals surface area contributed by atoms with Crippen LogP contribution in [0.1, 0.15) is 30.3 Å². The van der Waals surface area contributed by atoms with Gasteiger partial charge in [-0.3, -0.25) is 8.58 Å². The molecule has 0 atom stereocenters. The first-order valence-electron chi connectivity index (χ1n) is 12.6. The van der Waals surface area contributed by atoms with Crippen LogP contribution in [0, 0.1) is 12.8 Å². The van der Waals surface area contributed by atoms with E-state index in [9.17, 15) is 8.42 Å². The van der Waals surface area contributed by atoms with Gasteiger partial charge in [0.25, 0.3) is 10.1 Å². The van der Waals surface area contributed by atoms with Gasteiger partial charge in [0.2, 0.25) is 0 Å². The van der Waals surface area contributed by atoms with Gasteiger partial charge in [0, 0.05) is 33.8 Å². The molecule has 0 aliphatic carbocycles. The summed E-state index contributed by atoms with van der Waals surface area (Å²) >= 11 is 0. The molecule has 0 unspecified atom stereocenters. The number of nitrogens with zero attached hydrogens (tertiary/aromatic N) is 3. The maximum absolute atomic E-state index is 12.7. The van der Waals surface area contributed by atoms with Crippen LogP contribution in [0.2, 0.25) is 0 Å². The van der Waals surface area contributed by atoms with Gasteiger partial charge in [-0.1, -0.05) is 29.8 Å². The first-order valence-corrected chi connectivity index (χ1v) is 12.0. The number of rotatable bonds is 6. The Morgan fingerprint density at radius 1 is 1.09 bits per heavy atom. The van der Waals surface area contributed by atoms with Crippen molar-refractivity contribution in [2.75, 3.05) is 24.5 Å². The molecule has 1 saturated heterocycles. The van der Waals surface area contributed by atoms with Crippen molar-refractivity contribution in [3.63, 3.8) is 0 Å². The fourth-order valence-electron chi connectivity index (χ4n) is 4.05. The second kappa shape index (κ2) is 8.56. The molecule has 7 heteroatoms. The summed E-state index contributed by atoms with van der Waals surface area (Å²) in [5.74, 6) is -0.713. The first-order chi connectivity index (χ1) is 17.0. The standard InChI is InChI=1S/C25H27N3O3S/c1-19-6-8-22(9-7-19)32(29,30)31-17-13-20-10-14-27(15-11-20)21-12-16-28-24-5-3-2-4-23(24)26-25(28)18-21/h2-9,12,16,18,20H,10-11,13-15,17H2,1H3/i13D2,17D2. The third-order valence-corrected chi connectivity index (χ3v) is 7.03. The van der Waals surface area contributed by atoms with E-state index in [0.717, 1.165) is 27.9 Å². The molecule has 2 aromatic carbocycles. The summed E-state index contributed by atoms with van der Waals surface area (Å²) in [7, 11) is -4.48. The first kappa shape index (κ1) is 16.7. The van der Waals surface area contributed by atoms with Crippen molar-refractivity contribution >= 4 is 32.5 Å². The summed E-state index contributed by atoms with van der Waals surface area (Å²) in [5, 5.41) is 0. The minimum Gasteiger partial charge on any atom is -0.371 e. The quantitative estimate of drug-likeness (QED) is 0.392. The van der Waals surface area contributed by atoms with Crippen LogP contribution >= 0.6 is 0 Å². The highest BCUT2D eigenvalue weighted by Gasteiger charge is 2.22. The molecular formula is C25H27N3O3S. The lowest BCUT2D eigenvalue weighted by Crippen LogP contribution is -2.34. The zero-order valence-corrected chi connectivity index (χ0v) is 18.5. The smallest absolute Gasteiger partial charge is 0.296 e. The molecule has 0 saturated carbocycles. The van der Waals surface area contributed by atoms with Crippen LogP contribution in [0.3, 0.4) is 0 Å². The predicted molar refractivity (Wildman–Crippen MR) is 127 cm³/mol. The molecule has 32 heavy (non-hydrogen) atoms. The minimum atomic E-state index is -4.48. The van der Waals surface area contributed by atoms with Crippen molar-refractivity contribution in [3.8, 4) is 0 Å². The number of aryl methyl sites for hydroxylation is 1. The lowest BCUT2D eigenvalue weighted by atomic mass is 9.94. The summed E-state index contributed by atoms with van der Waals surface area (Å²) in [6.45, 7) is -0.224. The van der Waals surface area contributed by atoms with Gasteiger partial charge in [-0.15, -0.1) is 0 Å². The molecule has 0 bridgehead atoms. The molecule has 166 valence electrons. The lowest BCUT2D eigenvalue weighted by molar-refractivity contribution is 0.262. The van der Waals surface area contributed by atoms with Crippen molar-refractivity contribution in [1.82, 2.24) is 9.38 Å². The third kappa shape index (κ3) is 4.23. The molecule has 3 heterocycles. The molecule has 1 aliphatic heterocycles. The van der Waals surface area contributed by atoms with E-state index in [1.807, 2.05) is 47.0 Å². The fourth-order valence-corrected chi connectivity index (χ4v) is 4.77. The number of fused-ring (bicyclic) bond motifs is 3. The zero-order valence-electron chi connectivity index (χ0n) is 21.7. The number of hydrogen-bond acceptors (Lipinski definition) is 5. The van der Waals surface area contributed by atoms with E-state index >= 15 is 0 Å². The zero-order chi connectivity index (χ0) is 25.7. The van der Waals surface area contributed by atoms with E-state index < -0.39 is 29.0 Å². The Labute approximate surface area is 194 Å². The largest absolute Gasteiger partial charge is 0.371 e. The van der Waals surface area contributed by atoms with E-state index in [0.29, 0.717) is 25.9 Å². The number of pyridine rings is 1. The van der Waals surface area contributed by atoms with E-state index in [4.69, 9.17) is 9.67 Å². The highest BCUT2D eigenvalue weighted by atomic mass is 32.2. The highest BCUT2D eigenvalue weighted by Crippen LogP contribution is 2.27. The van der Waals surface area contributed by atoms with Crippen LogP contribution < -0.4 is 4.90 Å². The van der Waals surface area contributed by atoms with Crippen LogP contribution in [-0.4, -0.2) is 37.5 Å². The van der Waals surface area contributed by atoms with Crippen LogP contribution in [0.15, 0.2) is 71.8 Å². The maximum Gasteiger partial charge on any atom is 0.296 e.